The third-order valence-electron chi connectivity index (χ3n) is 1.93. The Morgan fingerprint density at radius 3 is 3.06 bits per heavy atom. The quantitative estimate of drug-likeness (QED) is 0.599. The number of nitriles is 1. The molecule has 0 saturated carbocycles. The Bertz CT molecular complexity index is 449. The predicted molar refractivity (Wildman–Crippen MR) is 63.0 cm³/mol. The van der Waals surface area contributed by atoms with Gasteiger partial charge in [-0.25, -0.2) is 4.98 Å². The third-order valence-corrected chi connectivity index (χ3v) is 2.93. The molecule has 1 aromatic rings. The molecule has 6 heteroatoms. The van der Waals surface area contributed by atoms with Crippen molar-refractivity contribution in [3.05, 3.63) is 22.6 Å². The lowest BCUT2D eigenvalue weighted by Gasteiger charge is -2.19. The molecular weight excluding hydrogens is 224 g/mol. The molecule has 16 heavy (non-hydrogen) atoms. The topological polar surface area (TPSA) is 95.6 Å². The lowest BCUT2D eigenvalue weighted by molar-refractivity contribution is 0.545. The first-order chi connectivity index (χ1) is 7.43. The summed E-state index contributed by atoms with van der Waals surface area (Å²) in [6.07, 6.45) is 1.99. The number of aromatic nitrogens is 2. The zero-order valence-electron chi connectivity index (χ0n) is 9.23. The summed E-state index contributed by atoms with van der Waals surface area (Å²) in [6, 6.07) is 3.40. The van der Waals surface area contributed by atoms with Crippen molar-refractivity contribution in [2.24, 2.45) is 5.73 Å². The van der Waals surface area contributed by atoms with Crippen LogP contribution < -0.4 is 11.3 Å². The fourth-order valence-corrected chi connectivity index (χ4v) is 2.38. The van der Waals surface area contributed by atoms with Gasteiger partial charge in [0, 0.05) is 17.5 Å². The fourth-order valence-electron chi connectivity index (χ4n) is 1.29. The Morgan fingerprint density at radius 2 is 2.50 bits per heavy atom. The smallest absolute Gasteiger partial charge is 0.251 e. The maximum Gasteiger partial charge on any atom is 0.251 e. The van der Waals surface area contributed by atoms with Crippen molar-refractivity contribution in [2.75, 3.05) is 0 Å². The van der Waals surface area contributed by atoms with Crippen LogP contribution in [0.1, 0.15) is 20.3 Å². The van der Waals surface area contributed by atoms with Crippen LogP contribution in [-0.4, -0.2) is 20.8 Å². The van der Waals surface area contributed by atoms with E-state index in [2.05, 4.69) is 9.97 Å². The molecule has 0 spiro atoms. The van der Waals surface area contributed by atoms with Crippen LogP contribution in [0.4, 0.5) is 0 Å². The van der Waals surface area contributed by atoms with E-state index >= 15 is 0 Å². The van der Waals surface area contributed by atoms with Crippen molar-refractivity contribution in [2.45, 2.75) is 36.2 Å². The molecule has 0 fully saturated rings. The highest BCUT2D eigenvalue weighted by atomic mass is 32.2. The second-order valence-corrected chi connectivity index (χ2v) is 5.33. The number of nitrogens with one attached hydrogen (secondary N) is 1. The monoisotopic (exact) mass is 238 g/mol. The summed E-state index contributed by atoms with van der Waals surface area (Å²) < 4.78 is 0. The van der Waals surface area contributed by atoms with Crippen molar-refractivity contribution in [3.8, 4) is 6.07 Å². The SMILES string of the molecule is CC(CC(C)(N)C#N)Sc1nccc(=O)[nH]1. The molecule has 0 aliphatic rings. The predicted octanol–water partition coefficient (Wildman–Crippen LogP) is 0.882. The Balaban J connectivity index is 2.62. The largest absolute Gasteiger partial charge is 0.314 e. The van der Waals surface area contributed by atoms with E-state index in [1.54, 1.807) is 6.92 Å². The number of nitrogens with two attached hydrogens (primary N) is 1. The minimum absolute atomic E-state index is 0.111. The van der Waals surface area contributed by atoms with Crippen LogP contribution >= 0.6 is 11.8 Å². The summed E-state index contributed by atoms with van der Waals surface area (Å²) in [7, 11) is 0. The average Bonchev–Trinajstić information content (AvgIpc) is 2.16. The van der Waals surface area contributed by atoms with E-state index in [9.17, 15) is 4.79 Å². The van der Waals surface area contributed by atoms with Gasteiger partial charge in [0.2, 0.25) is 0 Å². The van der Waals surface area contributed by atoms with Crippen molar-refractivity contribution < 1.29 is 0 Å². The normalized spacial score (nSPS) is 16.1. The highest BCUT2D eigenvalue weighted by molar-refractivity contribution is 7.99. The van der Waals surface area contributed by atoms with Gasteiger partial charge in [0.05, 0.1) is 6.07 Å². The van der Waals surface area contributed by atoms with Crippen molar-refractivity contribution >= 4 is 11.8 Å². The molecular formula is C10H14N4OS. The first kappa shape index (κ1) is 12.7. The highest BCUT2D eigenvalue weighted by Gasteiger charge is 2.21. The fraction of sp³-hybridized carbons (Fsp3) is 0.500. The highest BCUT2D eigenvalue weighted by Crippen LogP contribution is 2.24. The molecule has 86 valence electrons. The van der Waals surface area contributed by atoms with Gasteiger partial charge in [-0.3, -0.25) is 4.79 Å². The van der Waals surface area contributed by atoms with Gasteiger partial charge in [-0.05, 0) is 13.3 Å². The van der Waals surface area contributed by atoms with E-state index in [4.69, 9.17) is 11.0 Å². The number of hydrogen-bond acceptors (Lipinski definition) is 5. The van der Waals surface area contributed by atoms with Gasteiger partial charge in [-0.15, -0.1) is 0 Å². The van der Waals surface area contributed by atoms with Gasteiger partial charge < -0.3 is 10.7 Å². The molecule has 1 heterocycles. The summed E-state index contributed by atoms with van der Waals surface area (Å²) >= 11 is 1.40. The third kappa shape index (κ3) is 4.04. The standard InChI is InChI=1S/C10H14N4OS/c1-7(5-10(2,12)6-11)16-9-13-4-3-8(15)14-9/h3-4,7H,5,12H2,1-2H3,(H,13,14,15). The number of rotatable bonds is 4. The zero-order chi connectivity index (χ0) is 12.2. The Kier molecular flexibility index (Phi) is 4.10. The minimum atomic E-state index is -0.846. The van der Waals surface area contributed by atoms with E-state index in [1.165, 1.54) is 24.0 Å². The second-order valence-electron chi connectivity index (χ2n) is 3.90. The molecule has 2 atom stereocenters. The maximum absolute atomic E-state index is 11.0. The van der Waals surface area contributed by atoms with Gasteiger partial charge >= 0.3 is 0 Å². The number of thioether (sulfide) groups is 1. The van der Waals surface area contributed by atoms with Crippen molar-refractivity contribution in [1.82, 2.24) is 9.97 Å². The van der Waals surface area contributed by atoms with E-state index in [0.29, 0.717) is 11.6 Å². The minimum Gasteiger partial charge on any atom is -0.314 e. The van der Waals surface area contributed by atoms with E-state index in [0.717, 1.165) is 0 Å². The van der Waals surface area contributed by atoms with Crippen molar-refractivity contribution in [3.63, 3.8) is 0 Å². The Hall–Kier alpha value is -1.32. The number of aromatic amines is 1. The van der Waals surface area contributed by atoms with Gasteiger partial charge in [0.25, 0.3) is 5.56 Å². The lowest BCUT2D eigenvalue weighted by atomic mass is 10.00. The Labute approximate surface area is 98.1 Å². The molecule has 0 saturated heterocycles. The zero-order valence-corrected chi connectivity index (χ0v) is 10.0. The van der Waals surface area contributed by atoms with Crippen LogP contribution in [0.25, 0.3) is 0 Å². The molecule has 0 bridgehead atoms. The molecule has 0 aliphatic carbocycles. The van der Waals surface area contributed by atoms with E-state index in [-0.39, 0.29) is 10.8 Å². The summed E-state index contributed by atoms with van der Waals surface area (Å²) in [5.74, 6) is 0. The molecule has 0 amide bonds. The van der Waals surface area contributed by atoms with Crippen LogP contribution in [0.5, 0.6) is 0 Å². The lowest BCUT2D eigenvalue weighted by Crippen LogP contribution is -2.36. The van der Waals surface area contributed by atoms with Crippen LogP contribution in [0.3, 0.4) is 0 Å². The summed E-state index contributed by atoms with van der Waals surface area (Å²) in [5, 5.41) is 9.46. The first-order valence-electron chi connectivity index (χ1n) is 4.85. The Morgan fingerprint density at radius 1 is 1.81 bits per heavy atom. The molecule has 0 radical (unpaired) electrons. The van der Waals surface area contributed by atoms with Crippen LogP contribution in [0.15, 0.2) is 22.2 Å². The van der Waals surface area contributed by atoms with E-state index < -0.39 is 5.54 Å². The molecule has 5 nitrogen and oxygen atoms in total. The number of nitrogens with zero attached hydrogens (tertiary/aromatic N) is 2. The number of hydrogen-bond donors (Lipinski definition) is 2. The van der Waals surface area contributed by atoms with Crippen LogP contribution in [0.2, 0.25) is 0 Å². The molecule has 0 aromatic carbocycles. The summed E-state index contributed by atoms with van der Waals surface area (Å²) in [4.78, 5) is 17.7. The summed E-state index contributed by atoms with van der Waals surface area (Å²) in [5.41, 5.74) is 4.71. The van der Waals surface area contributed by atoms with Gasteiger partial charge in [-0.2, -0.15) is 5.26 Å². The molecule has 0 aliphatic heterocycles. The molecule has 2 unspecified atom stereocenters. The second kappa shape index (κ2) is 5.14. The molecule has 1 aromatic heterocycles. The molecule has 3 N–H and O–H groups in total. The first-order valence-corrected chi connectivity index (χ1v) is 5.73. The van der Waals surface area contributed by atoms with Gasteiger partial charge in [0.15, 0.2) is 5.16 Å². The van der Waals surface area contributed by atoms with E-state index in [1.807, 2.05) is 13.0 Å². The molecule has 1 rings (SSSR count). The summed E-state index contributed by atoms with van der Waals surface area (Å²) in [6.45, 7) is 3.63. The van der Waals surface area contributed by atoms with Gasteiger partial charge in [-0.1, -0.05) is 18.7 Å². The van der Waals surface area contributed by atoms with Crippen molar-refractivity contribution in [1.29, 1.82) is 5.26 Å². The van der Waals surface area contributed by atoms with Crippen LogP contribution in [0, 0.1) is 11.3 Å². The average molecular weight is 238 g/mol. The van der Waals surface area contributed by atoms with Crippen LogP contribution in [-0.2, 0) is 0 Å². The maximum atomic E-state index is 11.0. The number of H-pyrrole nitrogens is 1. The van der Waals surface area contributed by atoms with Gasteiger partial charge in [0.1, 0.15) is 5.54 Å².